The fourth-order valence-corrected chi connectivity index (χ4v) is 5.20. The molecule has 0 radical (unpaired) electrons. The zero-order chi connectivity index (χ0) is 22.5. The zero-order valence-corrected chi connectivity index (χ0v) is 18.7. The SMILES string of the molecule is C[C@H](CC(=O)Nc1sc2c(c1C#N)CCN(C(=O)Cc1cccnc1)C2)c1ccccc1. The molecule has 0 saturated heterocycles. The lowest BCUT2D eigenvalue weighted by molar-refractivity contribution is -0.131. The van der Waals surface area contributed by atoms with Crippen LogP contribution in [0.1, 0.15) is 46.4 Å². The topological polar surface area (TPSA) is 86.1 Å². The third-order valence-corrected chi connectivity index (χ3v) is 6.84. The predicted octanol–water partition coefficient (Wildman–Crippen LogP) is 4.27. The van der Waals surface area contributed by atoms with Gasteiger partial charge >= 0.3 is 0 Å². The molecule has 0 unspecified atom stereocenters. The Morgan fingerprint density at radius 1 is 1.25 bits per heavy atom. The molecule has 0 fully saturated rings. The minimum absolute atomic E-state index is 0.0397. The Balaban J connectivity index is 1.43. The number of nitrogens with zero attached hydrogens (tertiary/aromatic N) is 3. The van der Waals surface area contributed by atoms with Crippen LogP contribution in [0.3, 0.4) is 0 Å². The van der Waals surface area contributed by atoms with Crippen molar-refractivity contribution in [2.75, 3.05) is 11.9 Å². The Labute approximate surface area is 191 Å². The molecule has 1 aromatic carbocycles. The molecule has 0 aliphatic carbocycles. The summed E-state index contributed by atoms with van der Waals surface area (Å²) in [6, 6.07) is 15.9. The second kappa shape index (κ2) is 9.75. The molecule has 3 heterocycles. The maximum atomic E-state index is 12.7. The van der Waals surface area contributed by atoms with Gasteiger partial charge in [0.2, 0.25) is 11.8 Å². The molecule has 1 aliphatic heterocycles. The lowest BCUT2D eigenvalue weighted by Crippen LogP contribution is -2.36. The second-order valence-corrected chi connectivity index (χ2v) is 9.09. The summed E-state index contributed by atoms with van der Waals surface area (Å²) in [5.41, 5.74) is 3.48. The Kier molecular flexibility index (Phi) is 6.62. The number of thiophene rings is 1. The van der Waals surface area contributed by atoms with Crippen molar-refractivity contribution in [2.45, 2.75) is 38.6 Å². The van der Waals surface area contributed by atoms with Crippen LogP contribution in [0.25, 0.3) is 0 Å². The molecule has 0 spiro atoms. The van der Waals surface area contributed by atoms with E-state index in [0.717, 1.165) is 21.6 Å². The smallest absolute Gasteiger partial charge is 0.227 e. The van der Waals surface area contributed by atoms with Crippen molar-refractivity contribution in [1.82, 2.24) is 9.88 Å². The van der Waals surface area contributed by atoms with Crippen molar-refractivity contribution in [1.29, 1.82) is 5.26 Å². The van der Waals surface area contributed by atoms with Gasteiger partial charge in [-0.05, 0) is 35.1 Å². The number of aromatic nitrogens is 1. The standard InChI is InChI=1S/C25H24N4O2S/c1-17(19-7-3-2-4-8-19)12-23(30)28-25-21(14-26)20-9-11-29(16-22(20)32-25)24(31)13-18-6-5-10-27-15-18/h2-8,10,15,17H,9,11-13,16H2,1H3,(H,28,30)/t17-/m1/s1. The number of pyridine rings is 1. The fraction of sp³-hybridized carbons (Fsp3) is 0.280. The largest absolute Gasteiger partial charge is 0.337 e. The van der Waals surface area contributed by atoms with E-state index in [4.69, 9.17) is 0 Å². The maximum Gasteiger partial charge on any atom is 0.227 e. The van der Waals surface area contributed by atoms with E-state index in [0.29, 0.717) is 42.9 Å². The molecule has 2 amide bonds. The molecule has 1 aliphatic rings. The number of anilines is 1. The molecule has 162 valence electrons. The van der Waals surface area contributed by atoms with Gasteiger partial charge in [0.25, 0.3) is 0 Å². The summed E-state index contributed by atoms with van der Waals surface area (Å²) in [5.74, 6) is 0.00991. The summed E-state index contributed by atoms with van der Waals surface area (Å²) >= 11 is 1.40. The van der Waals surface area contributed by atoms with Gasteiger partial charge in [-0.1, -0.05) is 43.3 Å². The summed E-state index contributed by atoms with van der Waals surface area (Å²) in [6.07, 6.45) is 4.65. The Bertz CT molecular complexity index is 1150. The molecule has 4 rings (SSSR count). The van der Waals surface area contributed by atoms with Gasteiger partial charge in [-0.25, -0.2) is 0 Å². The van der Waals surface area contributed by atoms with E-state index >= 15 is 0 Å². The van der Waals surface area contributed by atoms with Crippen molar-refractivity contribution >= 4 is 28.2 Å². The van der Waals surface area contributed by atoms with Gasteiger partial charge in [-0.3, -0.25) is 14.6 Å². The molecule has 3 aromatic rings. The first kappa shape index (κ1) is 21.7. The van der Waals surface area contributed by atoms with E-state index in [1.165, 1.54) is 11.3 Å². The highest BCUT2D eigenvalue weighted by Crippen LogP contribution is 2.37. The highest BCUT2D eigenvalue weighted by atomic mass is 32.1. The minimum Gasteiger partial charge on any atom is -0.337 e. The number of amides is 2. The molecule has 32 heavy (non-hydrogen) atoms. The van der Waals surface area contributed by atoms with Crippen LogP contribution in [0.2, 0.25) is 0 Å². The number of nitriles is 1. The van der Waals surface area contributed by atoms with Gasteiger partial charge in [0, 0.05) is 30.2 Å². The van der Waals surface area contributed by atoms with E-state index in [1.807, 2.05) is 54.3 Å². The lowest BCUT2D eigenvalue weighted by atomic mass is 9.97. The zero-order valence-electron chi connectivity index (χ0n) is 17.9. The fourth-order valence-electron chi connectivity index (χ4n) is 3.97. The van der Waals surface area contributed by atoms with Gasteiger partial charge in [0.15, 0.2) is 0 Å². The van der Waals surface area contributed by atoms with Gasteiger partial charge < -0.3 is 10.2 Å². The normalized spacial score (nSPS) is 13.7. The number of rotatable bonds is 6. The molecule has 2 aromatic heterocycles. The van der Waals surface area contributed by atoms with Crippen LogP contribution in [-0.4, -0.2) is 28.2 Å². The Hall–Kier alpha value is -3.50. The second-order valence-electron chi connectivity index (χ2n) is 7.99. The summed E-state index contributed by atoms with van der Waals surface area (Å²) in [5, 5.41) is 13.3. The summed E-state index contributed by atoms with van der Waals surface area (Å²) in [7, 11) is 0. The van der Waals surface area contributed by atoms with Gasteiger partial charge in [0.1, 0.15) is 11.1 Å². The third-order valence-electron chi connectivity index (χ3n) is 5.71. The summed E-state index contributed by atoms with van der Waals surface area (Å²) in [4.78, 5) is 32.3. The predicted molar refractivity (Wildman–Crippen MR) is 124 cm³/mol. The van der Waals surface area contributed by atoms with Crippen LogP contribution in [0, 0.1) is 11.3 Å². The first-order chi connectivity index (χ1) is 15.5. The minimum atomic E-state index is -0.110. The Morgan fingerprint density at radius 2 is 2.06 bits per heavy atom. The number of nitrogens with one attached hydrogen (secondary N) is 1. The van der Waals surface area contributed by atoms with Crippen molar-refractivity contribution in [2.24, 2.45) is 0 Å². The third kappa shape index (κ3) is 4.87. The Morgan fingerprint density at radius 3 is 2.78 bits per heavy atom. The molecule has 1 atom stereocenters. The van der Waals surface area contributed by atoms with Gasteiger partial charge in [-0.2, -0.15) is 5.26 Å². The monoisotopic (exact) mass is 444 g/mol. The number of carbonyl (C=O) groups excluding carboxylic acids is 2. The average molecular weight is 445 g/mol. The van der Waals surface area contributed by atoms with Gasteiger partial charge in [-0.15, -0.1) is 11.3 Å². The van der Waals surface area contributed by atoms with E-state index in [9.17, 15) is 14.9 Å². The summed E-state index contributed by atoms with van der Waals surface area (Å²) in [6.45, 7) is 3.05. The molecular formula is C25H24N4O2S. The van der Waals surface area contributed by atoms with E-state index in [1.54, 1.807) is 12.4 Å². The lowest BCUT2D eigenvalue weighted by Gasteiger charge is -2.27. The van der Waals surface area contributed by atoms with Crippen molar-refractivity contribution in [3.8, 4) is 6.07 Å². The molecule has 0 bridgehead atoms. The molecule has 0 saturated carbocycles. The van der Waals surface area contributed by atoms with Crippen molar-refractivity contribution < 1.29 is 9.59 Å². The van der Waals surface area contributed by atoms with Crippen LogP contribution in [0.15, 0.2) is 54.9 Å². The number of carbonyl (C=O) groups is 2. The van der Waals surface area contributed by atoms with Crippen LogP contribution in [-0.2, 0) is 29.0 Å². The highest BCUT2D eigenvalue weighted by molar-refractivity contribution is 7.16. The van der Waals surface area contributed by atoms with Gasteiger partial charge in [0.05, 0.1) is 18.5 Å². The summed E-state index contributed by atoms with van der Waals surface area (Å²) < 4.78 is 0. The molecular weight excluding hydrogens is 420 g/mol. The molecule has 1 N–H and O–H groups in total. The average Bonchev–Trinajstić information content (AvgIpc) is 3.16. The van der Waals surface area contributed by atoms with Crippen LogP contribution in [0.5, 0.6) is 0 Å². The highest BCUT2D eigenvalue weighted by Gasteiger charge is 2.27. The van der Waals surface area contributed by atoms with Crippen molar-refractivity contribution in [3.05, 3.63) is 82.0 Å². The number of benzene rings is 1. The number of fused-ring (bicyclic) bond motifs is 1. The molecule has 7 heteroatoms. The van der Waals surface area contributed by atoms with Crippen molar-refractivity contribution in [3.63, 3.8) is 0 Å². The first-order valence-electron chi connectivity index (χ1n) is 10.6. The number of hydrogen-bond donors (Lipinski definition) is 1. The van der Waals surface area contributed by atoms with E-state index in [2.05, 4.69) is 16.4 Å². The first-order valence-corrected chi connectivity index (χ1v) is 11.4. The van der Waals surface area contributed by atoms with Crippen LogP contribution in [0.4, 0.5) is 5.00 Å². The quantitative estimate of drug-likeness (QED) is 0.615. The number of hydrogen-bond acceptors (Lipinski definition) is 5. The maximum absolute atomic E-state index is 12.7. The van der Waals surface area contributed by atoms with E-state index < -0.39 is 0 Å². The molecule has 6 nitrogen and oxygen atoms in total. The van der Waals surface area contributed by atoms with Crippen LogP contribution >= 0.6 is 11.3 Å². The van der Waals surface area contributed by atoms with Crippen LogP contribution < -0.4 is 5.32 Å². The van der Waals surface area contributed by atoms with E-state index in [-0.39, 0.29) is 17.7 Å².